The van der Waals surface area contributed by atoms with Crippen molar-refractivity contribution in [3.8, 4) is 0 Å². The molecule has 0 saturated carbocycles. The van der Waals surface area contributed by atoms with E-state index in [4.69, 9.17) is 11.6 Å². The number of hydrogen-bond acceptors (Lipinski definition) is 2. The molecule has 0 unspecified atom stereocenters. The minimum Gasteiger partial charge on any atom is -0.311 e. The molecule has 0 fully saturated rings. The predicted molar refractivity (Wildman–Crippen MR) is 91.5 cm³/mol. The van der Waals surface area contributed by atoms with Crippen LogP contribution in [0.15, 0.2) is 60.8 Å². The van der Waals surface area contributed by atoms with Crippen LogP contribution < -0.4 is 5.32 Å². The Bertz CT molecular complexity index is 828. The quantitative estimate of drug-likeness (QED) is 0.763. The van der Waals surface area contributed by atoms with Crippen LogP contribution in [0, 0.1) is 5.82 Å². The summed E-state index contributed by atoms with van der Waals surface area (Å²) in [5.74, 6) is -0.288. The lowest BCUT2D eigenvalue weighted by Gasteiger charge is -2.10. The normalized spacial score (nSPS) is 10.6. The van der Waals surface area contributed by atoms with Crippen molar-refractivity contribution in [3.63, 3.8) is 0 Å². The predicted octanol–water partition coefficient (Wildman–Crippen LogP) is 3.91. The lowest BCUT2D eigenvalue weighted by Crippen LogP contribution is -2.18. The molecule has 6 heteroatoms. The molecule has 3 aromatic rings. The van der Waals surface area contributed by atoms with Gasteiger partial charge in [0.25, 0.3) is 0 Å². The second kappa shape index (κ2) is 7.27. The van der Waals surface area contributed by atoms with Gasteiger partial charge in [-0.3, -0.25) is 4.79 Å². The van der Waals surface area contributed by atoms with E-state index in [1.807, 2.05) is 30.3 Å². The molecular formula is C18H15ClFN3O. The van der Waals surface area contributed by atoms with Crippen molar-refractivity contribution in [1.82, 2.24) is 9.78 Å². The van der Waals surface area contributed by atoms with Gasteiger partial charge in [-0.1, -0.05) is 48.0 Å². The Morgan fingerprint density at radius 2 is 1.92 bits per heavy atom. The minimum absolute atomic E-state index is 0.137. The van der Waals surface area contributed by atoms with Crippen LogP contribution in [0.2, 0.25) is 5.02 Å². The van der Waals surface area contributed by atoms with Crippen molar-refractivity contribution in [1.29, 1.82) is 0 Å². The molecule has 24 heavy (non-hydrogen) atoms. The van der Waals surface area contributed by atoms with Crippen LogP contribution in [0.25, 0.3) is 0 Å². The number of nitrogens with zero attached hydrogens (tertiary/aromatic N) is 2. The molecule has 2 aromatic carbocycles. The van der Waals surface area contributed by atoms with Crippen LogP contribution in [0.1, 0.15) is 11.1 Å². The molecule has 1 aromatic heterocycles. The molecule has 4 nitrogen and oxygen atoms in total. The van der Waals surface area contributed by atoms with E-state index in [1.165, 1.54) is 12.1 Å². The highest BCUT2D eigenvalue weighted by Crippen LogP contribution is 2.20. The zero-order valence-corrected chi connectivity index (χ0v) is 13.5. The molecule has 0 aliphatic rings. The molecular weight excluding hydrogens is 329 g/mol. The molecule has 0 saturated heterocycles. The van der Waals surface area contributed by atoms with Gasteiger partial charge in [0.1, 0.15) is 11.6 Å². The van der Waals surface area contributed by atoms with Gasteiger partial charge in [0.2, 0.25) is 5.91 Å². The summed E-state index contributed by atoms with van der Waals surface area (Å²) < 4.78 is 15.5. The van der Waals surface area contributed by atoms with Crippen molar-refractivity contribution in [3.05, 3.63) is 82.8 Å². The van der Waals surface area contributed by atoms with Crippen molar-refractivity contribution < 1.29 is 9.18 Å². The summed E-state index contributed by atoms with van der Waals surface area (Å²) in [7, 11) is 0. The highest BCUT2D eigenvalue weighted by molar-refractivity contribution is 6.31. The number of carbonyl (C=O) groups excluding carboxylic acids is 1. The molecule has 1 heterocycles. The summed E-state index contributed by atoms with van der Waals surface area (Å²) in [6.07, 6.45) is 1.47. The van der Waals surface area contributed by atoms with Gasteiger partial charge in [-0.15, -0.1) is 0 Å². The van der Waals surface area contributed by atoms with Crippen molar-refractivity contribution in [2.45, 2.75) is 13.0 Å². The number of amides is 1. The monoisotopic (exact) mass is 343 g/mol. The first-order chi connectivity index (χ1) is 11.6. The van der Waals surface area contributed by atoms with Gasteiger partial charge in [0.05, 0.1) is 19.2 Å². The highest BCUT2D eigenvalue weighted by atomic mass is 35.5. The smallest absolute Gasteiger partial charge is 0.230 e. The molecule has 0 spiro atoms. The third kappa shape index (κ3) is 3.81. The van der Waals surface area contributed by atoms with Gasteiger partial charge in [-0.2, -0.15) is 5.10 Å². The van der Waals surface area contributed by atoms with E-state index in [1.54, 1.807) is 23.0 Å². The van der Waals surface area contributed by atoms with E-state index in [9.17, 15) is 9.18 Å². The van der Waals surface area contributed by atoms with E-state index in [-0.39, 0.29) is 22.9 Å². The van der Waals surface area contributed by atoms with Crippen LogP contribution in [-0.4, -0.2) is 15.7 Å². The Hall–Kier alpha value is -2.66. The maximum absolute atomic E-state index is 13.8. The summed E-state index contributed by atoms with van der Waals surface area (Å²) in [5, 5.41) is 7.20. The van der Waals surface area contributed by atoms with E-state index in [0.29, 0.717) is 12.4 Å². The van der Waals surface area contributed by atoms with E-state index in [0.717, 1.165) is 5.56 Å². The number of benzene rings is 2. The standard InChI is InChI=1S/C18H15ClFN3O/c19-15-7-4-8-16(20)14(15)11-18(24)22-17-9-10-21-23(17)12-13-5-2-1-3-6-13/h1-10H,11-12H2,(H,22,24). The SMILES string of the molecule is O=C(Cc1c(F)cccc1Cl)Nc1ccnn1Cc1ccccc1. The first-order valence-electron chi connectivity index (χ1n) is 7.42. The summed E-state index contributed by atoms with van der Waals surface area (Å²) in [5.41, 5.74) is 1.25. The first-order valence-corrected chi connectivity index (χ1v) is 7.80. The molecule has 0 aliphatic heterocycles. The fourth-order valence-corrected chi connectivity index (χ4v) is 2.60. The van der Waals surface area contributed by atoms with Gasteiger partial charge in [0, 0.05) is 16.7 Å². The fourth-order valence-electron chi connectivity index (χ4n) is 2.37. The topological polar surface area (TPSA) is 46.9 Å². The molecule has 1 amide bonds. The van der Waals surface area contributed by atoms with Gasteiger partial charge in [0.15, 0.2) is 0 Å². The molecule has 0 aliphatic carbocycles. The lowest BCUT2D eigenvalue weighted by atomic mass is 10.1. The number of rotatable bonds is 5. The third-order valence-electron chi connectivity index (χ3n) is 3.56. The van der Waals surface area contributed by atoms with Gasteiger partial charge in [-0.05, 0) is 17.7 Å². The van der Waals surface area contributed by atoms with Crippen LogP contribution in [0.4, 0.5) is 10.2 Å². The first kappa shape index (κ1) is 16.2. The number of carbonyl (C=O) groups is 1. The second-order valence-electron chi connectivity index (χ2n) is 5.28. The highest BCUT2D eigenvalue weighted by Gasteiger charge is 2.13. The number of anilines is 1. The molecule has 122 valence electrons. The van der Waals surface area contributed by atoms with Gasteiger partial charge in [-0.25, -0.2) is 9.07 Å². The summed E-state index contributed by atoms with van der Waals surface area (Å²) in [6.45, 7) is 0.532. The number of hydrogen-bond donors (Lipinski definition) is 1. The summed E-state index contributed by atoms with van der Waals surface area (Å²) >= 11 is 5.96. The van der Waals surface area contributed by atoms with Crippen LogP contribution in [0.5, 0.6) is 0 Å². The number of aromatic nitrogens is 2. The Labute approximate surface area is 143 Å². The van der Waals surface area contributed by atoms with Crippen LogP contribution >= 0.6 is 11.6 Å². The zero-order chi connectivity index (χ0) is 16.9. The van der Waals surface area contributed by atoms with Gasteiger partial charge < -0.3 is 5.32 Å². The van der Waals surface area contributed by atoms with Crippen LogP contribution in [0.3, 0.4) is 0 Å². The number of halogens is 2. The second-order valence-corrected chi connectivity index (χ2v) is 5.69. The Balaban J connectivity index is 1.71. The molecule has 0 atom stereocenters. The molecule has 3 rings (SSSR count). The summed E-state index contributed by atoms with van der Waals surface area (Å²) in [4.78, 5) is 12.2. The molecule has 0 radical (unpaired) electrons. The Morgan fingerprint density at radius 3 is 2.67 bits per heavy atom. The average Bonchev–Trinajstić information content (AvgIpc) is 2.99. The molecule has 1 N–H and O–H groups in total. The van der Waals surface area contributed by atoms with Gasteiger partial charge >= 0.3 is 0 Å². The molecule has 0 bridgehead atoms. The maximum atomic E-state index is 13.8. The fraction of sp³-hybridized carbons (Fsp3) is 0.111. The van der Waals surface area contributed by atoms with Crippen LogP contribution in [-0.2, 0) is 17.8 Å². The Kier molecular flexibility index (Phi) is 4.91. The maximum Gasteiger partial charge on any atom is 0.230 e. The van der Waals surface area contributed by atoms with E-state index >= 15 is 0 Å². The van der Waals surface area contributed by atoms with Crippen molar-refractivity contribution >= 4 is 23.3 Å². The van der Waals surface area contributed by atoms with E-state index in [2.05, 4.69) is 10.4 Å². The lowest BCUT2D eigenvalue weighted by molar-refractivity contribution is -0.115. The average molecular weight is 344 g/mol. The Morgan fingerprint density at radius 1 is 1.12 bits per heavy atom. The summed E-state index contributed by atoms with van der Waals surface area (Å²) in [6, 6.07) is 15.8. The van der Waals surface area contributed by atoms with E-state index < -0.39 is 5.82 Å². The number of nitrogens with one attached hydrogen (secondary N) is 1. The zero-order valence-electron chi connectivity index (χ0n) is 12.7. The minimum atomic E-state index is -0.490. The van der Waals surface area contributed by atoms with Crippen molar-refractivity contribution in [2.75, 3.05) is 5.32 Å². The third-order valence-corrected chi connectivity index (χ3v) is 3.91. The van der Waals surface area contributed by atoms with Crippen molar-refractivity contribution in [2.24, 2.45) is 0 Å². The largest absolute Gasteiger partial charge is 0.311 e.